The second-order valence-corrected chi connectivity index (χ2v) is 3.42. The van der Waals surface area contributed by atoms with Crippen LogP contribution in [0.15, 0.2) is 37.0 Å². The molecule has 80 valence electrons. The third-order valence-electron chi connectivity index (χ3n) is 1.85. The second-order valence-electron chi connectivity index (χ2n) is 2.98. The van der Waals surface area contributed by atoms with Gasteiger partial charge in [-0.05, 0) is 30.3 Å². The van der Waals surface area contributed by atoms with Gasteiger partial charge >= 0.3 is 6.03 Å². The van der Waals surface area contributed by atoms with Crippen LogP contribution in [0.5, 0.6) is 0 Å². The lowest BCUT2D eigenvalue weighted by molar-refractivity contribution is 0.244. The molecule has 2 amide bonds. The number of hydrogen-bond acceptors (Lipinski definition) is 1. The third kappa shape index (κ3) is 4.51. The van der Waals surface area contributed by atoms with E-state index in [-0.39, 0.29) is 6.03 Å². The molecule has 0 unspecified atom stereocenters. The Labute approximate surface area is 94.1 Å². The summed E-state index contributed by atoms with van der Waals surface area (Å²) in [5.41, 5.74) is 1.14. The minimum absolute atomic E-state index is 0.237. The summed E-state index contributed by atoms with van der Waals surface area (Å²) < 4.78 is 0. The van der Waals surface area contributed by atoms with Crippen LogP contribution in [-0.2, 0) is 6.42 Å². The maximum absolute atomic E-state index is 11.0. The summed E-state index contributed by atoms with van der Waals surface area (Å²) in [4.78, 5) is 11.0. The summed E-state index contributed by atoms with van der Waals surface area (Å²) in [5.74, 6) is 0. The predicted octanol–water partition coefficient (Wildman–Crippen LogP) is 2.33. The van der Waals surface area contributed by atoms with Crippen molar-refractivity contribution in [1.82, 2.24) is 10.6 Å². The first-order chi connectivity index (χ1) is 7.22. The molecule has 4 heteroatoms. The highest BCUT2D eigenvalue weighted by Gasteiger charge is 1.96. The van der Waals surface area contributed by atoms with Gasteiger partial charge in [-0.15, -0.1) is 0 Å². The van der Waals surface area contributed by atoms with Crippen LogP contribution in [0.25, 0.3) is 0 Å². The minimum atomic E-state index is -0.237. The van der Waals surface area contributed by atoms with E-state index in [0.717, 1.165) is 17.0 Å². The Morgan fingerprint density at radius 2 is 2.07 bits per heavy atom. The van der Waals surface area contributed by atoms with Gasteiger partial charge < -0.3 is 10.6 Å². The molecule has 0 fully saturated rings. The molecule has 2 N–H and O–H groups in total. The molecule has 0 spiro atoms. The Bertz CT molecular complexity index is 335. The van der Waals surface area contributed by atoms with E-state index in [1.54, 1.807) is 0 Å². The Balaban J connectivity index is 2.28. The van der Waals surface area contributed by atoms with Crippen molar-refractivity contribution in [2.24, 2.45) is 0 Å². The van der Waals surface area contributed by atoms with Crippen LogP contribution in [0.2, 0.25) is 5.02 Å². The molecule has 0 atom stereocenters. The number of rotatable bonds is 4. The highest BCUT2D eigenvalue weighted by molar-refractivity contribution is 6.30. The first-order valence-corrected chi connectivity index (χ1v) is 5.00. The number of hydrogen-bond donors (Lipinski definition) is 2. The van der Waals surface area contributed by atoms with E-state index >= 15 is 0 Å². The fourth-order valence-corrected chi connectivity index (χ4v) is 1.24. The molecule has 15 heavy (non-hydrogen) atoms. The van der Waals surface area contributed by atoms with Crippen LogP contribution in [0, 0.1) is 0 Å². The Morgan fingerprint density at radius 3 is 2.67 bits per heavy atom. The zero-order chi connectivity index (χ0) is 11.1. The van der Waals surface area contributed by atoms with E-state index < -0.39 is 0 Å². The van der Waals surface area contributed by atoms with Gasteiger partial charge in [-0.25, -0.2) is 4.79 Å². The molecule has 3 nitrogen and oxygen atoms in total. The van der Waals surface area contributed by atoms with Crippen LogP contribution in [-0.4, -0.2) is 12.6 Å². The highest BCUT2D eigenvalue weighted by atomic mass is 35.5. The Hall–Kier alpha value is -1.48. The first kappa shape index (κ1) is 11.6. The largest absolute Gasteiger partial charge is 0.338 e. The van der Waals surface area contributed by atoms with Crippen LogP contribution in [0.1, 0.15) is 5.56 Å². The topological polar surface area (TPSA) is 41.1 Å². The van der Waals surface area contributed by atoms with E-state index in [1.807, 2.05) is 24.3 Å². The lowest BCUT2D eigenvalue weighted by Gasteiger charge is -2.04. The number of carbonyl (C=O) groups excluding carboxylic acids is 1. The van der Waals surface area contributed by atoms with Crippen molar-refractivity contribution in [3.8, 4) is 0 Å². The van der Waals surface area contributed by atoms with Gasteiger partial charge in [-0.3, -0.25) is 0 Å². The summed E-state index contributed by atoms with van der Waals surface area (Å²) in [6, 6.07) is 7.31. The lowest BCUT2D eigenvalue weighted by Crippen LogP contribution is -2.33. The summed E-state index contributed by atoms with van der Waals surface area (Å²) in [6.07, 6.45) is 2.12. The molecule has 1 aromatic rings. The molecule has 1 rings (SSSR count). The summed E-state index contributed by atoms with van der Waals surface area (Å²) in [5, 5.41) is 5.84. The summed E-state index contributed by atoms with van der Waals surface area (Å²) >= 11 is 5.75. The fourth-order valence-electron chi connectivity index (χ4n) is 1.12. The molecule has 0 heterocycles. The normalized spacial score (nSPS) is 9.40. The van der Waals surface area contributed by atoms with E-state index in [9.17, 15) is 4.79 Å². The molecule has 0 saturated carbocycles. The van der Waals surface area contributed by atoms with Crippen molar-refractivity contribution >= 4 is 17.6 Å². The highest BCUT2D eigenvalue weighted by Crippen LogP contribution is 2.09. The van der Waals surface area contributed by atoms with Crippen molar-refractivity contribution < 1.29 is 4.79 Å². The first-order valence-electron chi connectivity index (χ1n) is 4.62. The average molecular weight is 225 g/mol. The van der Waals surface area contributed by atoms with Crippen LogP contribution in [0.4, 0.5) is 4.79 Å². The fraction of sp³-hybridized carbons (Fsp3) is 0.182. The number of amides is 2. The molecular weight excluding hydrogens is 212 g/mol. The lowest BCUT2D eigenvalue weighted by atomic mass is 10.1. The molecule has 0 aliphatic carbocycles. The standard InChI is InChI=1S/C11H13ClN2O/c1-2-13-11(15)14-8-7-9-3-5-10(12)6-4-9/h2-6H,1,7-8H2,(H2,13,14,15). The smallest absolute Gasteiger partial charge is 0.318 e. The monoisotopic (exact) mass is 224 g/mol. The van der Waals surface area contributed by atoms with E-state index in [4.69, 9.17) is 11.6 Å². The van der Waals surface area contributed by atoms with Crippen molar-refractivity contribution in [3.05, 3.63) is 47.6 Å². The van der Waals surface area contributed by atoms with Crippen LogP contribution >= 0.6 is 11.6 Å². The van der Waals surface area contributed by atoms with Crippen molar-refractivity contribution in [2.45, 2.75) is 6.42 Å². The summed E-state index contributed by atoms with van der Waals surface area (Å²) in [6.45, 7) is 3.97. The Kier molecular flexibility index (Phi) is 4.71. The number of carbonyl (C=O) groups is 1. The van der Waals surface area contributed by atoms with Crippen molar-refractivity contribution in [1.29, 1.82) is 0 Å². The number of benzene rings is 1. The average Bonchev–Trinajstić information content (AvgIpc) is 2.21. The van der Waals surface area contributed by atoms with Gasteiger partial charge in [0.2, 0.25) is 0 Å². The van der Waals surface area contributed by atoms with E-state index in [1.165, 1.54) is 6.20 Å². The predicted molar refractivity (Wildman–Crippen MR) is 61.9 cm³/mol. The van der Waals surface area contributed by atoms with Crippen molar-refractivity contribution in [3.63, 3.8) is 0 Å². The van der Waals surface area contributed by atoms with Gasteiger partial charge in [0.25, 0.3) is 0 Å². The SMILES string of the molecule is C=CNC(=O)NCCc1ccc(Cl)cc1. The minimum Gasteiger partial charge on any atom is -0.338 e. The molecule has 0 aliphatic rings. The van der Waals surface area contributed by atoms with E-state index in [0.29, 0.717) is 6.54 Å². The number of nitrogens with one attached hydrogen (secondary N) is 2. The maximum atomic E-state index is 11.0. The quantitative estimate of drug-likeness (QED) is 0.810. The molecule has 0 aliphatic heterocycles. The second kappa shape index (κ2) is 6.09. The third-order valence-corrected chi connectivity index (χ3v) is 2.10. The van der Waals surface area contributed by atoms with Crippen LogP contribution < -0.4 is 10.6 Å². The Morgan fingerprint density at radius 1 is 1.40 bits per heavy atom. The van der Waals surface area contributed by atoms with Crippen LogP contribution in [0.3, 0.4) is 0 Å². The molecular formula is C11H13ClN2O. The van der Waals surface area contributed by atoms with Crippen molar-refractivity contribution in [2.75, 3.05) is 6.54 Å². The number of halogens is 1. The summed E-state index contributed by atoms with van der Waals surface area (Å²) in [7, 11) is 0. The molecule has 0 aromatic heterocycles. The molecule has 0 saturated heterocycles. The van der Waals surface area contributed by atoms with Gasteiger partial charge in [-0.2, -0.15) is 0 Å². The zero-order valence-corrected chi connectivity index (χ0v) is 9.05. The van der Waals surface area contributed by atoms with Gasteiger partial charge in [0.05, 0.1) is 0 Å². The van der Waals surface area contributed by atoms with Gasteiger partial charge in [0, 0.05) is 11.6 Å². The van der Waals surface area contributed by atoms with E-state index in [2.05, 4.69) is 17.2 Å². The maximum Gasteiger partial charge on any atom is 0.318 e. The molecule has 1 aromatic carbocycles. The van der Waals surface area contributed by atoms with Gasteiger partial charge in [0.15, 0.2) is 0 Å². The van der Waals surface area contributed by atoms with Gasteiger partial charge in [0.1, 0.15) is 0 Å². The molecule has 0 bridgehead atoms. The molecule has 0 radical (unpaired) electrons. The zero-order valence-electron chi connectivity index (χ0n) is 8.29. The van der Waals surface area contributed by atoms with Gasteiger partial charge in [-0.1, -0.05) is 30.3 Å². The number of urea groups is 1.